The predicted octanol–water partition coefficient (Wildman–Crippen LogP) is 3.54. The monoisotopic (exact) mass is 450 g/mol. The van der Waals surface area contributed by atoms with E-state index in [-0.39, 0.29) is 13.0 Å². The first-order valence-corrected chi connectivity index (χ1v) is 10.5. The Labute approximate surface area is 191 Å². The van der Waals surface area contributed by atoms with Gasteiger partial charge in [0.15, 0.2) is 6.61 Å². The van der Waals surface area contributed by atoms with Crippen molar-refractivity contribution < 1.29 is 19.1 Å². The summed E-state index contributed by atoms with van der Waals surface area (Å²) in [6.45, 7) is -0.246. The van der Waals surface area contributed by atoms with E-state index in [9.17, 15) is 14.4 Å². The van der Waals surface area contributed by atoms with Crippen LogP contribution in [0.4, 0.5) is 0 Å². The molecule has 2 amide bonds. The van der Waals surface area contributed by atoms with E-state index in [1.165, 1.54) is 0 Å². The zero-order valence-electron chi connectivity index (χ0n) is 17.3. The molecule has 0 spiro atoms. The standard InChI is InChI=1S/C25H23ClN2O4/c26-21-14-8-7-13-20(21)16-27-23(29)17-32-25(31)22(15-18-9-3-1-4-10-18)28-24(30)19-11-5-2-6-12-19/h1-14,22H,15-17H2,(H,27,29)(H,28,30)/t22-/m0/s1. The molecule has 1 atom stereocenters. The molecule has 0 saturated heterocycles. The maximum atomic E-state index is 12.7. The van der Waals surface area contributed by atoms with Crippen molar-refractivity contribution >= 4 is 29.4 Å². The second kappa shape index (κ2) is 11.7. The maximum Gasteiger partial charge on any atom is 0.329 e. The van der Waals surface area contributed by atoms with E-state index in [4.69, 9.17) is 16.3 Å². The summed E-state index contributed by atoms with van der Waals surface area (Å²) in [7, 11) is 0. The van der Waals surface area contributed by atoms with Crippen molar-refractivity contribution in [2.45, 2.75) is 19.0 Å². The first-order chi connectivity index (χ1) is 15.5. The van der Waals surface area contributed by atoms with Crippen LogP contribution in [0.5, 0.6) is 0 Å². The number of rotatable bonds is 9. The molecule has 164 valence electrons. The summed E-state index contributed by atoms with van der Waals surface area (Å²) in [6.07, 6.45) is 0.236. The Hall–Kier alpha value is -3.64. The second-order valence-electron chi connectivity index (χ2n) is 7.06. The van der Waals surface area contributed by atoms with E-state index in [0.29, 0.717) is 10.6 Å². The average molecular weight is 451 g/mol. The number of amides is 2. The minimum absolute atomic E-state index is 0.217. The third-order valence-corrected chi connectivity index (χ3v) is 5.06. The van der Waals surface area contributed by atoms with Crippen LogP contribution in [0.2, 0.25) is 5.02 Å². The van der Waals surface area contributed by atoms with Crippen LogP contribution in [-0.2, 0) is 27.3 Å². The highest BCUT2D eigenvalue weighted by molar-refractivity contribution is 6.31. The number of halogens is 1. The van der Waals surface area contributed by atoms with Gasteiger partial charge in [-0.25, -0.2) is 4.79 Å². The number of hydrogen-bond acceptors (Lipinski definition) is 4. The fourth-order valence-electron chi connectivity index (χ4n) is 3.00. The van der Waals surface area contributed by atoms with Gasteiger partial charge in [0.25, 0.3) is 11.8 Å². The highest BCUT2D eigenvalue weighted by Crippen LogP contribution is 2.14. The van der Waals surface area contributed by atoms with Crippen LogP contribution in [0, 0.1) is 0 Å². The van der Waals surface area contributed by atoms with Crippen LogP contribution in [0.3, 0.4) is 0 Å². The Balaban J connectivity index is 1.59. The molecular formula is C25H23ClN2O4. The lowest BCUT2D eigenvalue weighted by Crippen LogP contribution is -2.44. The first-order valence-electron chi connectivity index (χ1n) is 10.1. The van der Waals surface area contributed by atoms with E-state index in [1.807, 2.05) is 36.4 Å². The molecule has 3 rings (SSSR count). The van der Waals surface area contributed by atoms with Crippen molar-refractivity contribution in [1.29, 1.82) is 0 Å². The number of carbonyl (C=O) groups is 3. The topological polar surface area (TPSA) is 84.5 Å². The van der Waals surface area contributed by atoms with E-state index >= 15 is 0 Å². The van der Waals surface area contributed by atoms with Crippen LogP contribution in [0.1, 0.15) is 21.5 Å². The Morgan fingerprint density at radius 2 is 1.47 bits per heavy atom. The van der Waals surface area contributed by atoms with Crippen LogP contribution in [-0.4, -0.2) is 30.4 Å². The van der Waals surface area contributed by atoms with E-state index in [2.05, 4.69) is 10.6 Å². The lowest BCUT2D eigenvalue weighted by molar-refractivity contribution is -0.150. The summed E-state index contributed by atoms with van der Waals surface area (Å²) in [5, 5.41) is 5.91. The van der Waals surface area contributed by atoms with Gasteiger partial charge >= 0.3 is 5.97 Å². The molecular weight excluding hydrogens is 428 g/mol. The van der Waals surface area contributed by atoms with Gasteiger partial charge in [-0.1, -0.05) is 78.3 Å². The fourth-order valence-corrected chi connectivity index (χ4v) is 3.20. The number of ether oxygens (including phenoxy) is 1. The molecule has 0 aromatic heterocycles. The summed E-state index contributed by atoms with van der Waals surface area (Å²) in [5.74, 6) is -1.55. The molecule has 32 heavy (non-hydrogen) atoms. The number of benzene rings is 3. The zero-order chi connectivity index (χ0) is 22.8. The van der Waals surface area contributed by atoms with Gasteiger partial charge in [0.1, 0.15) is 6.04 Å². The molecule has 0 aliphatic heterocycles. The van der Waals surface area contributed by atoms with Crippen LogP contribution in [0.25, 0.3) is 0 Å². The largest absolute Gasteiger partial charge is 0.454 e. The van der Waals surface area contributed by atoms with Crippen molar-refractivity contribution in [3.63, 3.8) is 0 Å². The number of carbonyl (C=O) groups excluding carboxylic acids is 3. The number of nitrogens with one attached hydrogen (secondary N) is 2. The summed E-state index contributed by atoms with van der Waals surface area (Å²) in [6, 6.07) is 24.0. The fraction of sp³-hybridized carbons (Fsp3) is 0.160. The Bertz CT molecular complexity index is 1060. The maximum absolute atomic E-state index is 12.7. The third-order valence-electron chi connectivity index (χ3n) is 4.69. The van der Waals surface area contributed by atoms with Crippen LogP contribution < -0.4 is 10.6 Å². The summed E-state index contributed by atoms with van der Waals surface area (Å²) < 4.78 is 5.19. The van der Waals surface area contributed by atoms with Crippen molar-refractivity contribution in [1.82, 2.24) is 10.6 Å². The summed E-state index contributed by atoms with van der Waals surface area (Å²) >= 11 is 6.08. The van der Waals surface area contributed by atoms with Crippen molar-refractivity contribution in [2.75, 3.05) is 6.61 Å². The van der Waals surface area contributed by atoms with Gasteiger partial charge in [-0.2, -0.15) is 0 Å². The summed E-state index contributed by atoms with van der Waals surface area (Å²) in [4.78, 5) is 37.4. The smallest absolute Gasteiger partial charge is 0.329 e. The van der Waals surface area contributed by atoms with Gasteiger partial charge in [-0.05, 0) is 29.3 Å². The quantitative estimate of drug-likeness (QED) is 0.488. The summed E-state index contributed by atoms with van der Waals surface area (Å²) in [5.41, 5.74) is 2.03. The molecule has 0 unspecified atom stereocenters. The number of hydrogen-bond donors (Lipinski definition) is 2. The first kappa shape index (κ1) is 23.0. The van der Waals surface area contributed by atoms with Crippen molar-refractivity contribution in [2.24, 2.45) is 0 Å². The second-order valence-corrected chi connectivity index (χ2v) is 7.46. The van der Waals surface area contributed by atoms with Gasteiger partial charge in [0.05, 0.1) is 0 Å². The average Bonchev–Trinajstić information content (AvgIpc) is 2.82. The van der Waals surface area contributed by atoms with Crippen molar-refractivity contribution in [3.05, 3.63) is 107 Å². The van der Waals surface area contributed by atoms with Crippen molar-refractivity contribution in [3.8, 4) is 0 Å². The molecule has 0 aliphatic rings. The molecule has 6 nitrogen and oxygen atoms in total. The molecule has 2 N–H and O–H groups in total. The number of esters is 1. The zero-order valence-corrected chi connectivity index (χ0v) is 18.0. The van der Waals surface area contributed by atoms with Gasteiger partial charge in [0, 0.05) is 23.6 Å². The molecule has 7 heteroatoms. The third kappa shape index (κ3) is 6.96. The van der Waals surface area contributed by atoms with E-state index < -0.39 is 30.4 Å². The molecule has 0 bridgehead atoms. The SMILES string of the molecule is O=C(COC(=O)[C@H](Cc1ccccc1)NC(=O)c1ccccc1)NCc1ccccc1Cl. The van der Waals surface area contributed by atoms with Gasteiger partial charge < -0.3 is 15.4 Å². The Morgan fingerprint density at radius 1 is 0.844 bits per heavy atom. The van der Waals surface area contributed by atoms with E-state index in [0.717, 1.165) is 11.1 Å². The minimum Gasteiger partial charge on any atom is -0.454 e. The molecule has 0 radical (unpaired) electrons. The molecule has 0 heterocycles. The minimum atomic E-state index is -0.943. The normalized spacial score (nSPS) is 11.3. The highest BCUT2D eigenvalue weighted by atomic mass is 35.5. The molecule has 0 aliphatic carbocycles. The Kier molecular flexibility index (Phi) is 8.40. The van der Waals surface area contributed by atoms with Crippen LogP contribution >= 0.6 is 11.6 Å². The van der Waals surface area contributed by atoms with Gasteiger partial charge in [0.2, 0.25) is 0 Å². The molecule has 3 aromatic carbocycles. The molecule has 0 fully saturated rings. The molecule has 3 aromatic rings. The van der Waals surface area contributed by atoms with Gasteiger partial charge in [-0.15, -0.1) is 0 Å². The predicted molar refractivity (Wildman–Crippen MR) is 122 cm³/mol. The lowest BCUT2D eigenvalue weighted by atomic mass is 10.1. The van der Waals surface area contributed by atoms with Crippen LogP contribution in [0.15, 0.2) is 84.9 Å². The highest BCUT2D eigenvalue weighted by Gasteiger charge is 2.24. The molecule has 0 saturated carbocycles. The van der Waals surface area contributed by atoms with Gasteiger partial charge in [-0.3, -0.25) is 9.59 Å². The Morgan fingerprint density at radius 3 is 2.16 bits per heavy atom. The van der Waals surface area contributed by atoms with E-state index in [1.54, 1.807) is 48.5 Å². The lowest BCUT2D eigenvalue weighted by Gasteiger charge is -2.18.